The van der Waals surface area contributed by atoms with E-state index < -0.39 is 0 Å². The van der Waals surface area contributed by atoms with Gasteiger partial charge in [0.1, 0.15) is 5.75 Å². The minimum absolute atomic E-state index is 0.166. The second-order valence-corrected chi connectivity index (χ2v) is 5.01. The van der Waals surface area contributed by atoms with Gasteiger partial charge in [0.05, 0.1) is 5.69 Å². The third kappa shape index (κ3) is 1.68. The number of nitrogens with zero attached hydrogens (tertiary/aromatic N) is 1. The Morgan fingerprint density at radius 3 is 2.00 bits per heavy atom. The number of hydrogen-bond acceptors (Lipinski definition) is 3. The first-order valence-corrected chi connectivity index (χ1v) is 6.02. The van der Waals surface area contributed by atoms with Gasteiger partial charge in [-0.25, -0.2) is 4.90 Å². The van der Waals surface area contributed by atoms with Gasteiger partial charge in [-0.3, -0.25) is 9.59 Å². The lowest BCUT2D eigenvalue weighted by Crippen LogP contribution is -2.31. The minimum Gasteiger partial charge on any atom is -0.508 e. The van der Waals surface area contributed by atoms with Crippen molar-refractivity contribution in [3.05, 3.63) is 23.3 Å². The second kappa shape index (κ2) is 4.12. The maximum atomic E-state index is 12.1. The molecule has 2 rings (SSSR count). The molecule has 2 amide bonds. The predicted octanol–water partition coefficient (Wildman–Crippen LogP) is 2.15. The monoisotopic (exact) mass is 247 g/mol. The molecule has 1 aliphatic rings. The molecule has 18 heavy (non-hydrogen) atoms. The standard InChI is InChI=1S/C14H17NO3/c1-7-6-12(16)8(2)5-11(7)15-13(17)9(3)10(4)14(15)18/h5-6,9-10,16H,1-4H3. The van der Waals surface area contributed by atoms with Gasteiger partial charge in [-0.05, 0) is 37.1 Å². The van der Waals surface area contributed by atoms with E-state index >= 15 is 0 Å². The number of phenols is 1. The van der Waals surface area contributed by atoms with Crippen LogP contribution in [0.2, 0.25) is 0 Å². The van der Waals surface area contributed by atoms with Crippen molar-refractivity contribution in [3.63, 3.8) is 0 Å². The van der Waals surface area contributed by atoms with Crippen LogP contribution >= 0.6 is 0 Å². The molecular weight excluding hydrogens is 230 g/mol. The molecule has 2 unspecified atom stereocenters. The fraction of sp³-hybridized carbons (Fsp3) is 0.429. The molecule has 0 aromatic heterocycles. The van der Waals surface area contributed by atoms with E-state index in [0.29, 0.717) is 11.3 Å². The van der Waals surface area contributed by atoms with E-state index in [-0.39, 0.29) is 29.4 Å². The summed E-state index contributed by atoms with van der Waals surface area (Å²) in [5, 5.41) is 9.61. The molecule has 1 aromatic carbocycles. The van der Waals surface area contributed by atoms with Gasteiger partial charge in [-0.2, -0.15) is 0 Å². The van der Waals surface area contributed by atoms with Crippen LogP contribution in [0.3, 0.4) is 0 Å². The van der Waals surface area contributed by atoms with Crippen LogP contribution < -0.4 is 4.90 Å². The number of imide groups is 1. The van der Waals surface area contributed by atoms with Crippen molar-refractivity contribution in [3.8, 4) is 5.75 Å². The van der Waals surface area contributed by atoms with E-state index in [2.05, 4.69) is 0 Å². The summed E-state index contributed by atoms with van der Waals surface area (Å²) in [4.78, 5) is 25.5. The normalized spacial score (nSPS) is 23.9. The molecule has 0 aliphatic carbocycles. The highest BCUT2D eigenvalue weighted by molar-refractivity contribution is 6.22. The maximum Gasteiger partial charge on any atom is 0.237 e. The summed E-state index contributed by atoms with van der Waals surface area (Å²) in [6.07, 6.45) is 0. The first-order chi connectivity index (χ1) is 8.34. The van der Waals surface area contributed by atoms with E-state index in [4.69, 9.17) is 0 Å². The number of carbonyl (C=O) groups is 2. The number of carbonyl (C=O) groups excluding carboxylic acids is 2. The first kappa shape index (κ1) is 12.6. The first-order valence-electron chi connectivity index (χ1n) is 6.02. The molecule has 4 heteroatoms. The molecule has 1 aliphatic heterocycles. The molecule has 2 atom stereocenters. The van der Waals surface area contributed by atoms with Crippen LogP contribution in [-0.4, -0.2) is 16.9 Å². The number of amides is 2. The molecule has 1 saturated heterocycles. The lowest BCUT2D eigenvalue weighted by molar-refractivity contribution is -0.122. The zero-order valence-electron chi connectivity index (χ0n) is 11.0. The summed E-state index contributed by atoms with van der Waals surface area (Å²) in [6.45, 7) is 7.07. The summed E-state index contributed by atoms with van der Waals surface area (Å²) in [5.41, 5.74) is 1.96. The fourth-order valence-corrected chi connectivity index (χ4v) is 2.21. The van der Waals surface area contributed by atoms with Crippen molar-refractivity contribution in [2.75, 3.05) is 4.90 Å². The number of aryl methyl sites for hydroxylation is 2. The largest absolute Gasteiger partial charge is 0.508 e. The van der Waals surface area contributed by atoms with Crippen molar-refractivity contribution >= 4 is 17.5 Å². The topological polar surface area (TPSA) is 57.6 Å². The van der Waals surface area contributed by atoms with Crippen molar-refractivity contribution in [1.82, 2.24) is 0 Å². The van der Waals surface area contributed by atoms with Crippen LogP contribution in [0.25, 0.3) is 0 Å². The van der Waals surface area contributed by atoms with Gasteiger partial charge >= 0.3 is 0 Å². The lowest BCUT2D eigenvalue weighted by atomic mass is 10.00. The van der Waals surface area contributed by atoms with Gasteiger partial charge in [-0.1, -0.05) is 13.8 Å². The highest BCUT2D eigenvalue weighted by Crippen LogP contribution is 2.34. The van der Waals surface area contributed by atoms with Gasteiger partial charge < -0.3 is 5.11 Å². The number of anilines is 1. The highest BCUT2D eigenvalue weighted by atomic mass is 16.3. The van der Waals surface area contributed by atoms with E-state index in [0.717, 1.165) is 5.56 Å². The van der Waals surface area contributed by atoms with E-state index in [1.807, 2.05) is 0 Å². The summed E-state index contributed by atoms with van der Waals surface area (Å²) >= 11 is 0. The van der Waals surface area contributed by atoms with Crippen LogP contribution in [0.15, 0.2) is 12.1 Å². The second-order valence-electron chi connectivity index (χ2n) is 5.01. The van der Waals surface area contributed by atoms with E-state index in [1.165, 1.54) is 4.90 Å². The zero-order chi connectivity index (χ0) is 13.6. The molecule has 1 fully saturated rings. The zero-order valence-corrected chi connectivity index (χ0v) is 11.0. The maximum absolute atomic E-state index is 12.1. The summed E-state index contributed by atoms with van der Waals surface area (Å²) < 4.78 is 0. The number of hydrogen-bond donors (Lipinski definition) is 1. The Labute approximate surface area is 106 Å². The lowest BCUT2D eigenvalue weighted by Gasteiger charge is -2.18. The Hall–Kier alpha value is -1.84. The Morgan fingerprint density at radius 2 is 1.50 bits per heavy atom. The van der Waals surface area contributed by atoms with Crippen LogP contribution in [0.5, 0.6) is 5.75 Å². The minimum atomic E-state index is -0.286. The molecule has 1 N–H and O–H groups in total. The molecule has 0 spiro atoms. The van der Waals surface area contributed by atoms with Gasteiger partial charge in [0.25, 0.3) is 0 Å². The quantitative estimate of drug-likeness (QED) is 0.774. The van der Waals surface area contributed by atoms with Crippen molar-refractivity contribution in [2.45, 2.75) is 27.7 Å². The summed E-state index contributed by atoms with van der Waals surface area (Å²) in [7, 11) is 0. The molecule has 0 radical (unpaired) electrons. The van der Waals surface area contributed by atoms with Gasteiger partial charge in [-0.15, -0.1) is 0 Å². The average molecular weight is 247 g/mol. The Balaban J connectivity index is 2.53. The Bertz CT molecular complexity index is 516. The third-order valence-electron chi connectivity index (χ3n) is 3.73. The molecule has 96 valence electrons. The molecule has 1 heterocycles. The third-order valence-corrected chi connectivity index (χ3v) is 3.73. The molecule has 1 aromatic rings. The SMILES string of the molecule is Cc1cc(N2C(=O)C(C)C(C)C2=O)c(C)cc1O. The van der Waals surface area contributed by atoms with Crippen molar-refractivity contribution in [1.29, 1.82) is 0 Å². The van der Waals surface area contributed by atoms with Gasteiger partial charge in [0, 0.05) is 11.8 Å². The van der Waals surface area contributed by atoms with Crippen molar-refractivity contribution in [2.24, 2.45) is 11.8 Å². The number of benzene rings is 1. The number of aromatic hydroxyl groups is 1. The van der Waals surface area contributed by atoms with Crippen molar-refractivity contribution < 1.29 is 14.7 Å². The van der Waals surface area contributed by atoms with E-state index in [1.54, 1.807) is 39.8 Å². The van der Waals surface area contributed by atoms with Gasteiger partial charge in [0.2, 0.25) is 11.8 Å². The molecule has 0 saturated carbocycles. The Morgan fingerprint density at radius 1 is 1.00 bits per heavy atom. The van der Waals surface area contributed by atoms with Crippen LogP contribution in [-0.2, 0) is 9.59 Å². The molecule has 4 nitrogen and oxygen atoms in total. The number of phenolic OH excluding ortho intramolecular Hbond substituents is 1. The molecule has 0 bridgehead atoms. The molecular formula is C14H17NO3. The summed E-state index contributed by atoms with van der Waals surface area (Å²) in [5.74, 6) is -0.727. The van der Waals surface area contributed by atoms with Crippen LogP contribution in [0.1, 0.15) is 25.0 Å². The average Bonchev–Trinajstić information content (AvgIpc) is 2.50. The smallest absolute Gasteiger partial charge is 0.237 e. The number of rotatable bonds is 1. The predicted molar refractivity (Wildman–Crippen MR) is 68.4 cm³/mol. The van der Waals surface area contributed by atoms with Gasteiger partial charge in [0.15, 0.2) is 0 Å². The van der Waals surface area contributed by atoms with E-state index in [9.17, 15) is 14.7 Å². The van der Waals surface area contributed by atoms with Crippen LogP contribution in [0, 0.1) is 25.7 Å². The Kier molecular flexibility index (Phi) is 2.89. The fourth-order valence-electron chi connectivity index (χ4n) is 2.21. The summed E-state index contributed by atoms with van der Waals surface area (Å²) in [6, 6.07) is 3.27. The highest BCUT2D eigenvalue weighted by Gasteiger charge is 2.43. The van der Waals surface area contributed by atoms with Crippen LogP contribution in [0.4, 0.5) is 5.69 Å².